The number of aromatic nitrogens is 4. The number of amides is 2. The van der Waals surface area contributed by atoms with Crippen molar-refractivity contribution >= 4 is 29.0 Å². The molecular weight excluding hydrogens is 430 g/mol. The van der Waals surface area contributed by atoms with Crippen molar-refractivity contribution in [3.63, 3.8) is 0 Å². The van der Waals surface area contributed by atoms with Crippen LogP contribution in [0.1, 0.15) is 35.1 Å². The quantitative estimate of drug-likeness (QED) is 0.447. The van der Waals surface area contributed by atoms with E-state index in [0.717, 1.165) is 12.8 Å². The van der Waals surface area contributed by atoms with Crippen molar-refractivity contribution < 1.29 is 9.59 Å². The average Bonchev–Trinajstić information content (AvgIpc) is 3.50. The topological polar surface area (TPSA) is 119 Å². The number of benzene rings is 1. The molecule has 0 saturated carbocycles. The van der Waals surface area contributed by atoms with Crippen molar-refractivity contribution in [3.05, 3.63) is 85.1 Å². The summed E-state index contributed by atoms with van der Waals surface area (Å²) in [6.07, 6.45) is 7.94. The van der Waals surface area contributed by atoms with E-state index in [4.69, 9.17) is 10.7 Å². The van der Waals surface area contributed by atoms with Crippen LogP contribution in [0.5, 0.6) is 0 Å². The second-order valence-electron chi connectivity index (χ2n) is 7.96. The van der Waals surface area contributed by atoms with E-state index in [1.165, 1.54) is 6.08 Å². The lowest BCUT2D eigenvalue weighted by atomic mass is 10.0. The van der Waals surface area contributed by atoms with Crippen LogP contribution in [0, 0.1) is 0 Å². The lowest BCUT2D eigenvalue weighted by molar-refractivity contribution is -0.127. The van der Waals surface area contributed by atoms with Gasteiger partial charge in [-0.1, -0.05) is 30.8 Å². The zero-order valence-electron chi connectivity index (χ0n) is 18.4. The molecule has 4 aromatic rings. The largest absolute Gasteiger partial charge is 0.382 e. The number of nitrogens with two attached hydrogens (primary N) is 1. The number of carbonyl (C=O) groups is 2. The summed E-state index contributed by atoms with van der Waals surface area (Å²) in [4.78, 5) is 40.8. The summed E-state index contributed by atoms with van der Waals surface area (Å²) in [7, 11) is 0. The maximum Gasteiger partial charge on any atom is 0.257 e. The Morgan fingerprint density at radius 1 is 1.12 bits per heavy atom. The van der Waals surface area contributed by atoms with Gasteiger partial charge in [0.1, 0.15) is 28.7 Å². The molecule has 1 fully saturated rings. The first-order chi connectivity index (χ1) is 16.6. The van der Waals surface area contributed by atoms with Gasteiger partial charge in [-0.15, -0.1) is 0 Å². The van der Waals surface area contributed by atoms with E-state index in [1.54, 1.807) is 53.8 Å². The van der Waals surface area contributed by atoms with Gasteiger partial charge >= 0.3 is 0 Å². The van der Waals surface area contributed by atoms with Crippen LogP contribution >= 0.6 is 0 Å². The Balaban J connectivity index is 1.64. The third-order valence-electron chi connectivity index (χ3n) is 5.95. The van der Waals surface area contributed by atoms with Crippen LogP contribution in [-0.4, -0.2) is 42.6 Å². The number of likely N-dealkylation sites (tertiary alicyclic amines) is 1. The van der Waals surface area contributed by atoms with Gasteiger partial charge in [0, 0.05) is 36.3 Å². The van der Waals surface area contributed by atoms with Crippen LogP contribution in [-0.2, 0) is 4.79 Å². The van der Waals surface area contributed by atoms with Crippen molar-refractivity contribution in [2.45, 2.75) is 18.9 Å². The summed E-state index contributed by atoms with van der Waals surface area (Å²) in [5.41, 5.74) is 8.46. The van der Waals surface area contributed by atoms with E-state index >= 15 is 0 Å². The number of nitrogen functional groups attached to an aromatic ring is 1. The van der Waals surface area contributed by atoms with Crippen molar-refractivity contribution in [2.24, 2.45) is 0 Å². The molecule has 4 heterocycles. The van der Waals surface area contributed by atoms with Crippen LogP contribution < -0.4 is 11.1 Å². The van der Waals surface area contributed by atoms with E-state index in [1.807, 2.05) is 16.5 Å². The lowest BCUT2D eigenvalue weighted by Crippen LogP contribution is -2.29. The SMILES string of the molecule is C=CC(=O)N1CCCC1c1nc(-c2ccccc2C(=O)Nc2ccccn2)c2c(N)nccn12. The zero-order chi connectivity index (χ0) is 23.7. The molecule has 3 N–H and O–H groups in total. The van der Waals surface area contributed by atoms with E-state index in [9.17, 15) is 9.59 Å². The molecule has 9 nitrogen and oxygen atoms in total. The highest BCUT2D eigenvalue weighted by atomic mass is 16.2. The molecule has 5 rings (SSSR count). The number of carbonyl (C=O) groups excluding carboxylic acids is 2. The zero-order valence-corrected chi connectivity index (χ0v) is 18.4. The molecule has 1 aromatic carbocycles. The van der Waals surface area contributed by atoms with Gasteiger partial charge in [0.2, 0.25) is 5.91 Å². The first-order valence-electron chi connectivity index (χ1n) is 11.0. The van der Waals surface area contributed by atoms with Crippen molar-refractivity contribution in [3.8, 4) is 11.3 Å². The van der Waals surface area contributed by atoms with Gasteiger partial charge in [0.25, 0.3) is 5.91 Å². The molecule has 0 radical (unpaired) electrons. The number of anilines is 2. The maximum absolute atomic E-state index is 13.2. The number of nitrogens with one attached hydrogen (secondary N) is 1. The molecule has 1 unspecified atom stereocenters. The standard InChI is InChI=1S/C25H23N7O2/c1-2-20(33)31-14-7-10-18(31)24-30-21(22-23(26)28-13-15-32(22)24)16-8-3-4-9-17(16)25(34)29-19-11-5-6-12-27-19/h2-6,8-9,11-13,15,18H,1,7,10,14H2,(H2,26,28)(H,27,29,34). The van der Waals surface area contributed by atoms with Gasteiger partial charge in [-0.05, 0) is 37.1 Å². The predicted octanol–water partition coefficient (Wildman–Crippen LogP) is 3.48. The highest BCUT2D eigenvalue weighted by Crippen LogP contribution is 2.37. The summed E-state index contributed by atoms with van der Waals surface area (Å²) in [5.74, 6) is 0.952. The molecule has 0 spiro atoms. The first-order valence-corrected chi connectivity index (χ1v) is 11.0. The first kappa shape index (κ1) is 21.3. The molecule has 1 saturated heterocycles. The monoisotopic (exact) mass is 453 g/mol. The molecule has 1 aliphatic heterocycles. The third kappa shape index (κ3) is 3.66. The molecular formula is C25H23N7O2. The second-order valence-corrected chi connectivity index (χ2v) is 7.96. The number of hydrogen-bond acceptors (Lipinski definition) is 6. The summed E-state index contributed by atoms with van der Waals surface area (Å²) in [5, 5.41) is 2.83. The number of imidazole rings is 1. The molecule has 9 heteroatoms. The normalized spacial score (nSPS) is 15.4. The Morgan fingerprint density at radius 2 is 1.94 bits per heavy atom. The molecule has 34 heavy (non-hydrogen) atoms. The van der Waals surface area contributed by atoms with Gasteiger partial charge in [-0.2, -0.15) is 0 Å². The Bertz CT molecular complexity index is 1400. The molecule has 0 bridgehead atoms. The number of fused-ring (bicyclic) bond motifs is 1. The average molecular weight is 454 g/mol. The highest BCUT2D eigenvalue weighted by Gasteiger charge is 2.33. The van der Waals surface area contributed by atoms with Crippen LogP contribution in [0.15, 0.2) is 73.7 Å². The van der Waals surface area contributed by atoms with Crippen LogP contribution in [0.25, 0.3) is 16.8 Å². The smallest absolute Gasteiger partial charge is 0.257 e. The Kier molecular flexibility index (Phi) is 5.51. The minimum Gasteiger partial charge on any atom is -0.382 e. The fraction of sp³-hybridized carbons (Fsp3) is 0.160. The fourth-order valence-corrected chi connectivity index (χ4v) is 4.43. The van der Waals surface area contributed by atoms with Crippen molar-refractivity contribution in [2.75, 3.05) is 17.6 Å². The Hall–Kier alpha value is -4.53. The minimum atomic E-state index is -0.316. The van der Waals surface area contributed by atoms with E-state index < -0.39 is 0 Å². The second kappa shape index (κ2) is 8.78. The molecule has 1 aliphatic rings. The predicted molar refractivity (Wildman–Crippen MR) is 129 cm³/mol. The number of nitrogens with zero attached hydrogens (tertiary/aromatic N) is 5. The van der Waals surface area contributed by atoms with Gasteiger partial charge in [-0.25, -0.2) is 15.0 Å². The van der Waals surface area contributed by atoms with Crippen molar-refractivity contribution in [1.29, 1.82) is 0 Å². The summed E-state index contributed by atoms with van der Waals surface area (Å²) in [6, 6.07) is 12.3. The number of rotatable bonds is 5. The van der Waals surface area contributed by atoms with Crippen LogP contribution in [0.3, 0.4) is 0 Å². The summed E-state index contributed by atoms with van der Waals surface area (Å²) < 4.78 is 1.87. The number of pyridine rings is 1. The van der Waals surface area contributed by atoms with E-state index in [2.05, 4.69) is 21.9 Å². The molecule has 1 atom stereocenters. The molecule has 170 valence electrons. The van der Waals surface area contributed by atoms with E-state index in [0.29, 0.717) is 40.5 Å². The molecule has 2 amide bonds. The molecule has 3 aromatic heterocycles. The Labute approximate surface area is 196 Å². The lowest BCUT2D eigenvalue weighted by Gasteiger charge is -2.22. The Morgan fingerprint density at radius 3 is 2.74 bits per heavy atom. The molecule has 0 aliphatic carbocycles. The van der Waals surface area contributed by atoms with Gasteiger partial charge in [0.15, 0.2) is 0 Å². The maximum atomic E-state index is 13.2. The van der Waals surface area contributed by atoms with Crippen LogP contribution in [0.4, 0.5) is 11.6 Å². The van der Waals surface area contributed by atoms with E-state index in [-0.39, 0.29) is 23.7 Å². The third-order valence-corrected chi connectivity index (χ3v) is 5.95. The van der Waals surface area contributed by atoms with Gasteiger partial charge < -0.3 is 16.0 Å². The highest BCUT2D eigenvalue weighted by molar-refractivity contribution is 6.09. The van der Waals surface area contributed by atoms with Crippen LogP contribution in [0.2, 0.25) is 0 Å². The summed E-state index contributed by atoms with van der Waals surface area (Å²) in [6.45, 7) is 4.26. The van der Waals surface area contributed by atoms with Gasteiger partial charge in [0.05, 0.1) is 6.04 Å². The number of hydrogen-bond donors (Lipinski definition) is 2. The minimum absolute atomic E-state index is 0.141. The fourth-order valence-electron chi connectivity index (χ4n) is 4.43. The van der Waals surface area contributed by atoms with Gasteiger partial charge in [-0.3, -0.25) is 14.0 Å². The summed E-state index contributed by atoms with van der Waals surface area (Å²) >= 11 is 0. The van der Waals surface area contributed by atoms with Crippen molar-refractivity contribution in [1.82, 2.24) is 24.3 Å².